The van der Waals surface area contributed by atoms with Gasteiger partial charge in [0, 0.05) is 17.7 Å². The Hall–Kier alpha value is -2.17. The third kappa shape index (κ3) is 3.16. The molecule has 0 bridgehead atoms. The number of methoxy groups -OCH3 is 4. The summed E-state index contributed by atoms with van der Waals surface area (Å²) in [6, 6.07) is 3.44. The standard InChI is InChI=1S/C13H16O5/c1-15-10-7-9(5-6-12(14)17-3)13(18-4)11(8-10)16-2/h5-8H,1-4H3. The zero-order chi connectivity index (χ0) is 13.5. The Kier molecular flexibility index (Phi) is 5.05. The summed E-state index contributed by atoms with van der Waals surface area (Å²) in [7, 11) is 5.93. The van der Waals surface area contributed by atoms with Crippen molar-refractivity contribution in [3.05, 3.63) is 23.8 Å². The minimum absolute atomic E-state index is 0.446. The van der Waals surface area contributed by atoms with Gasteiger partial charge in [0.1, 0.15) is 5.75 Å². The lowest BCUT2D eigenvalue weighted by atomic mass is 10.1. The van der Waals surface area contributed by atoms with E-state index in [0.717, 1.165) is 0 Å². The average Bonchev–Trinajstić information content (AvgIpc) is 2.43. The van der Waals surface area contributed by atoms with Crippen LogP contribution in [-0.2, 0) is 9.53 Å². The average molecular weight is 252 g/mol. The van der Waals surface area contributed by atoms with Crippen LogP contribution in [0.15, 0.2) is 18.2 Å². The van der Waals surface area contributed by atoms with Gasteiger partial charge in [-0.2, -0.15) is 0 Å². The van der Waals surface area contributed by atoms with Gasteiger partial charge in [-0.15, -0.1) is 0 Å². The van der Waals surface area contributed by atoms with Crippen molar-refractivity contribution in [1.29, 1.82) is 0 Å². The first-order chi connectivity index (χ1) is 8.65. The van der Waals surface area contributed by atoms with Gasteiger partial charge in [0.25, 0.3) is 0 Å². The third-order valence-corrected chi connectivity index (χ3v) is 2.32. The van der Waals surface area contributed by atoms with Crippen LogP contribution in [0, 0.1) is 0 Å². The summed E-state index contributed by atoms with van der Waals surface area (Å²) in [6.07, 6.45) is 2.88. The first-order valence-electron chi connectivity index (χ1n) is 5.22. The summed E-state index contributed by atoms with van der Waals surface area (Å²) >= 11 is 0. The smallest absolute Gasteiger partial charge is 0.330 e. The molecule has 0 aliphatic heterocycles. The molecule has 0 N–H and O–H groups in total. The highest BCUT2D eigenvalue weighted by atomic mass is 16.5. The maximum absolute atomic E-state index is 11.1. The van der Waals surface area contributed by atoms with Crippen molar-refractivity contribution in [2.45, 2.75) is 0 Å². The van der Waals surface area contributed by atoms with Gasteiger partial charge < -0.3 is 18.9 Å². The van der Waals surface area contributed by atoms with Crippen molar-refractivity contribution in [2.24, 2.45) is 0 Å². The zero-order valence-electron chi connectivity index (χ0n) is 10.9. The number of esters is 1. The van der Waals surface area contributed by atoms with E-state index in [-0.39, 0.29) is 0 Å². The number of hydrogen-bond acceptors (Lipinski definition) is 5. The van der Waals surface area contributed by atoms with Crippen molar-refractivity contribution in [3.8, 4) is 17.2 Å². The summed E-state index contributed by atoms with van der Waals surface area (Å²) in [5, 5.41) is 0. The molecular weight excluding hydrogens is 236 g/mol. The van der Waals surface area contributed by atoms with E-state index < -0.39 is 5.97 Å². The number of ether oxygens (including phenoxy) is 4. The van der Waals surface area contributed by atoms with Crippen LogP contribution < -0.4 is 14.2 Å². The molecule has 0 aliphatic carbocycles. The lowest BCUT2D eigenvalue weighted by Gasteiger charge is -2.12. The van der Waals surface area contributed by atoms with Crippen LogP contribution in [0.1, 0.15) is 5.56 Å². The van der Waals surface area contributed by atoms with Crippen LogP contribution in [0.25, 0.3) is 6.08 Å². The number of carbonyl (C=O) groups excluding carboxylic acids is 1. The fraction of sp³-hybridized carbons (Fsp3) is 0.308. The molecule has 98 valence electrons. The molecule has 18 heavy (non-hydrogen) atoms. The van der Waals surface area contributed by atoms with Crippen molar-refractivity contribution >= 4 is 12.0 Å². The van der Waals surface area contributed by atoms with E-state index in [1.807, 2.05) is 0 Å². The van der Waals surface area contributed by atoms with Crippen LogP contribution in [0.4, 0.5) is 0 Å². The van der Waals surface area contributed by atoms with Crippen molar-refractivity contribution in [3.63, 3.8) is 0 Å². The predicted octanol–water partition coefficient (Wildman–Crippen LogP) is 1.90. The van der Waals surface area contributed by atoms with Crippen LogP contribution in [0.3, 0.4) is 0 Å². The Labute approximate surface area is 106 Å². The normalized spacial score (nSPS) is 10.2. The topological polar surface area (TPSA) is 54.0 Å². The van der Waals surface area contributed by atoms with Crippen LogP contribution in [-0.4, -0.2) is 34.4 Å². The summed E-state index contributed by atoms with van der Waals surface area (Å²) in [4.78, 5) is 11.1. The van der Waals surface area contributed by atoms with Gasteiger partial charge in [0.05, 0.1) is 28.4 Å². The predicted molar refractivity (Wildman–Crippen MR) is 67.1 cm³/mol. The molecule has 0 amide bonds. The second kappa shape index (κ2) is 6.54. The Morgan fingerprint density at radius 1 is 1.06 bits per heavy atom. The molecule has 0 fully saturated rings. The lowest BCUT2D eigenvalue weighted by Crippen LogP contribution is -1.97. The van der Waals surface area contributed by atoms with Crippen molar-refractivity contribution in [2.75, 3.05) is 28.4 Å². The molecule has 1 rings (SSSR count). The maximum atomic E-state index is 11.1. The van der Waals surface area contributed by atoms with E-state index in [1.54, 1.807) is 25.3 Å². The summed E-state index contributed by atoms with van der Waals surface area (Å²) < 4.78 is 20.1. The first-order valence-corrected chi connectivity index (χ1v) is 5.22. The van der Waals surface area contributed by atoms with E-state index in [9.17, 15) is 4.79 Å². The van der Waals surface area contributed by atoms with Crippen LogP contribution in [0.5, 0.6) is 17.2 Å². The van der Waals surface area contributed by atoms with Gasteiger partial charge in [0.2, 0.25) is 0 Å². The molecule has 0 radical (unpaired) electrons. The van der Waals surface area contributed by atoms with Crippen LogP contribution in [0.2, 0.25) is 0 Å². The quantitative estimate of drug-likeness (QED) is 0.591. The first kappa shape index (κ1) is 13.9. The molecule has 0 spiro atoms. The number of carbonyl (C=O) groups is 1. The number of hydrogen-bond donors (Lipinski definition) is 0. The molecule has 5 nitrogen and oxygen atoms in total. The van der Waals surface area contributed by atoms with E-state index >= 15 is 0 Å². The van der Waals surface area contributed by atoms with Gasteiger partial charge >= 0.3 is 5.97 Å². The monoisotopic (exact) mass is 252 g/mol. The van der Waals surface area contributed by atoms with Gasteiger partial charge in [-0.05, 0) is 12.1 Å². The molecule has 1 aromatic rings. The lowest BCUT2D eigenvalue weighted by molar-refractivity contribution is -0.134. The van der Waals surface area contributed by atoms with E-state index in [4.69, 9.17) is 14.2 Å². The SMILES string of the molecule is COC(=O)C=Cc1cc(OC)cc(OC)c1OC. The molecule has 0 saturated heterocycles. The number of benzene rings is 1. The Morgan fingerprint density at radius 3 is 2.28 bits per heavy atom. The second-order valence-electron chi connectivity index (χ2n) is 3.31. The van der Waals surface area contributed by atoms with Gasteiger partial charge in [0.15, 0.2) is 11.5 Å². The zero-order valence-corrected chi connectivity index (χ0v) is 10.9. The molecule has 1 aromatic carbocycles. The molecule has 0 aliphatic rings. The maximum Gasteiger partial charge on any atom is 0.330 e. The van der Waals surface area contributed by atoms with Gasteiger partial charge in [-0.1, -0.05) is 0 Å². The fourth-order valence-electron chi connectivity index (χ4n) is 1.44. The van der Waals surface area contributed by atoms with E-state index in [1.165, 1.54) is 27.4 Å². The fourth-order valence-corrected chi connectivity index (χ4v) is 1.44. The highest BCUT2D eigenvalue weighted by Gasteiger charge is 2.11. The van der Waals surface area contributed by atoms with Crippen molar-refractivity contribution in [1.82, 2.24) is 0 Å². The molecule has 0 heterocycles. The highest BCUT2D eigenvalue weighted by Crippen LogP contribution is 2.36. The molecule has 0 saturated carbocycles. The minimum atomic E-state index is -0.446. The summed E-state index contributed by atoms with van der Waals surface area (Å²) in [5.41, 5.74) is 0.666. The van der Waals surface area contributed by atoms with E-state index in [0.29, 0.717) is 22.8 Å². The van der Waals surface area contributed by atoms with Gasteiger partial charge in [-0.25, -0.2) is 4.79 Å². The highest BCUT2D eigenvalue weighted by molar-refractivity contribution is 5.87. The number of rotatable bonds is 5. The Balaban J connectivity index is 3.22. The van der Waals surface area contributed by atoms with Crippen LogP contribution >= 0.6 is 0 Å². The third-order valence-electron chi connectivity index (χ3n) is 2.32. The van der Waals surface area contributed by atoms with Gasteiger partial charge in [-0.3, -0.25) is 0 Å². The Morgan fingerprint density at radius 2 is 1.78 bits per heavy atom. The van der Waals surface area contributed by atoms with E-state index in [2.05, 4.69) is 4.74 Å². The molecule has 0 unspecified atom stereocenters. The molecule has 0 aromatic heterocycles. The molecule has 5 heteroatoms. The second-order valence-corrected chi connectivity index (χ2v) is 3.31. The minimum Gasteiger partial charge on any atom is -0.497 e. The largest absolute Gasteiger partial charge is 0.497 e. The molecular formula is C13H16O5. The van der Waals surface area contributed by atoms with Crippen molar-refractivity contribution < 1.29 is 23.7 Å². The summed E-state index contributed by atoms with van der Waals surface area (Å²) in [6.45, 7) is 0. The summed E-state index contributed by atoms with van der Waals surface area (Å²) in [5.74, 6) is 1.22. The molecule has 0 atom stereocenters. The Bertz CT molecular complexity index is 451.